The maximum atomic E-state index is 11.4. The maximum absolute atomic E-state index is 11.4. The molecule has 0 radical (unpaired) electrons. The van der Waals surface area contributed by atoms with E-state index in [0.29, 0.717) is 18.7 Å². The monoisotopic (exact) mass is 529 g/mol. The van der Waals surface area contributed by atoms with E-state index in [4.69, 9.17) is 4.98 Å². The molecule has 1 aromatic heterocycles. The lowest BCUT2D eigenvalue weighted by molar-refractivity contribution is 0.0697. The SMILES string of the molecule is CCCCn1c(-c2ccccc2)nc(-c2ccccc2)c1CN(Cc1ccccc1)Cc1ccc(C(=O)O)cc1. The number of imidazole rings is 1. The van der Waals surface area contributed by atoms with E-state index in [1.807, 2.05) is 30.3 Å². The molecule has 0 saturated heterocycles. The van der Waals surface area contributed by atoms with Crippen molar-refractivity contribution < 1.29 is 9.90 Å². The smallest absolute Gasteiger partial charge is 0.335 e. The number of unbranched alkanes of at least 4 members (excludes halogenated alkanes) is 1. The highest BCUT2D eigenvalue weighted by molar-refractivity contribution is 5.87. The predicted octanol–water partition coefficient (Wildman–Crippen LogP) is 7.92. The molecule has 0 bridgehead atoms. The van der Waals surface area contributed by atoms with Gasteiger partial charge in [0.2, 0.25) is 0 Å². The minimum atomic E-state index is -0.909. The van der Waals surface area contributed by atoms with Gasteiger partial charge in [0.1, 0.15) is 5.82 Å². The summed E-state index contributed by atoms with van der Waals surface area (Å²) in [5, 5.41) is 9.36. The third kappa shape index (κ3) is 6.56. The van der Waals surface area contributed by atoms with Gasteiger partial charge in [-0.25, -0.2) is 9.78 Å². The number of hydrogen-bond acceptors (Lipinski definition) is 3. The van der Waals surface area contributed by atoms with Crippen LogP contribution in [0.15, 0.2) is 115 Å². The van der Waals surface area contributed by atoms with Crippen LogP contribution < -0.4 is 0 Å². The third-order valence-electron chi connectivity index (χ3n) is 7.12. The highest BCUT2D eigenvalue weighted by Crippen LogP contribution is 2.31. The Morgan fingerprint density at radius 3 is 1.85 bits per heavy atom. The fourth-order valence-corrected chi connectivity index (χ4v) is 5.07. The fourth-order valence-electron chi connectivity index (χ4n) is 5.07. The van der Waals surface area contributed by atoms with Gasteiger partial charge >= 0.3 is 5.97 Å². The largest absolute Gasteiger partial charge is 0.478 e. The van der Waals surface area contributed by atoms with E-state index in [2.05, 4.69) is 89.2 Å². The molecule has 0 aliphatic rings. The molecule has 40 heavy (non-hydrogen) atoms. The average molecular weight is 530 g/mol. The lowest BCUT2D eigenvalue weighted by atomic mass is 10.1. The first-order valence-electron chi connectivity index (χ1n) is 13.9. The Kier molecular flexibility index (Phi) is 8.84. The summed E-state index contributed by atoms with van der Waals surface area (Å²) in [4.78, 5) is 19.1. The first-order valence-corrected chi connectivity index (χ1v) is 13.9. The minimum absolute atomic E-state index is 0.301. The summed E-state index contributed by atoms with van der Waals surface area (Å²) in [6, 6.07) is 38.6. The number of carboxylic acid groups (broad SMARTS) is 1. The maximum Gasteiger partial charge on any atom is 0.335 e. The lowest BCUT2D eigenvalue weighted by Gasteiger charge is -2.25. The van der Waals surface area contributed by atoms with Crippen molar-refractivity contribution in [3.63, 3.8) is 0 Å². The molecule has 5 aromatic rings. The normalized spacial score (nSPS) is 11.2. The number of hydrogen-bond donors (Lipinski definition) is 1. The van der Waals surface area contributed by atoms with E-state index in [0.717, 1.165) is 54.1 Å². The molecule has 5 rings (SSSR count). The van der Waals surface area contributed by atoms with Gasteiger partial charge in [-0.2, -0.15) is 0 Å². The molecular weight excluding hydrogens is 494 g/mol. The van der Waals surface area contributed by atoms with Gasteiger partial charge in [-0.3, -0.25) is 4.90 Å². The zero-order valence-electron chi connectivity index (χ0n) is 22.9. The summed E-state index contributed by atoms with van der Waals surface area (Å²) in [5.41, 5.74) is 7.02. The summed E-state index contributed by atoms with van der Waals surface area (Å²) >= 11 is 0. The molecule has 0 aliphatic carbocycles. The van der Waals surface area contributed by atoms with Gasteiger partial charge in [0.05, 0.1) is 17.0 Å². The van der Waals surface area contributed by atoms with Gasteiger partial charge in [-0.05, 0) is 29.7 Å². The molecule has 0 unspecified atom stereocenters. The average Bonchev–Trinajstić information content (AvgIpc) is 3.35. The van der Waals surface area contributed by atoms with E-state index in [9.17, 15) is 9.90 Å². The van der Waals surface area contributed by atoms with Gasteiger partial charge in [0.15, 0.2) is 0 Å². The van der Waals surface area contributed by atoms with Crippen LogP contribution in [0.3, 0.4) is 0 Å². The van der Waals surface area contributed by atoms with Gasteiger partial charge in [-0.15, -0.1) is 0 Å². The summed E-state index contributed by atoms with van der Waals surface area (Å²) < 4.78 is 2.41. The number of aromatic carboxylic acids is 1. The number of carboxylic acids is 1. The van der Waals surface area contributed by atoms with E-state index in [1.54, 1.807) is 12.1 Å². The molecule has 0 amide bonds. The van der Waals surface area contributed by atoms with Crippen LogP contribution in [0.1, 0.15) is 46.9 Å². The second-order valence-corrected chi connectivity index (χ2v) is 10.1. The van der Waals surface area contributed by atoms with Crippen molar-refractivity contribution in [2.75, 3.05) is 0 Å². The Balaban J connectivity index is 1.59. The number of benzene rings is 4. The molecule has 4 aromatic carbocycles. The van der Waals surface area contributed by atoms with Crippen LogP contribution in [-0.2, 0) is 26.2 Å². The zero-order valence-corrected chi connectivity index (χ0v) is 22.9. The Labute approximate surface area is 236 Å². The standard InChI is InChI=1S/C35H35N3O2/c1-2-3-23-38-32(33(29-15-9-5-10-16-29)36-34(38)30-17-11-6-12-18-30)26-37(24-27-13-7-4-8-14-27)25-28-19-21-31(22-20-28)35(39)40/h4-22H,2-3,23-26H2,1H3,(H,39,40). The van der Waals surface area contributed by atoms with Crippen molar-refractivity contribution in [2.45, 2.75) is 45.9 Å². The summed E-state index contributed by atoms with van der Waals surface area (Å²) in [6.07, 6.45) is 2.16. The second-order valence-electron chi connectivity index (χ2n) is 10.1. The van der Waals surface area contributed by atoms with Gasteiger partial charge in [-0.1, -0.05) is 116 Å². The molecule has 5 heteroatoms. The van der Waals surface area contributed by atoms with Crippen molar-refractivity contribution in [1.82, 2.24) is 14.5 Å². The molecule has 0 saturated carbocycles. The molecule has 202 valence electrons. The van der Waals surface area contributed by atoms with Crippen molar-refractivity contribution in [1.29, 1.82) is 0 Å². The van der Waals surface area contributed by atoms with Crippen molar-refractivity contribution in [3.8, 4) is 22.6 Å². The van der Waals surface area contributed by atoms with Crippen LogP contribution >= 0.6 is 0 Å². The van der Waals surface area contributed by atoms with Crippen LogP contribution in [0.5, 0.6) is 0 Å². The molecule has 1 heterocycles. The lowest BCUT2D eigenvalue weighted by Crippen LogP contribution is -2.24. The molecule has 0 aliphatic heterocycles. The van der Waals surface area contributed by atoms with Gasteiger partial charge in [0.25, 0.3) is 0 Å². The first-order chi connectivity index (χ1) is 19.6. The molecule has 0 fully saturated rings. The molecule has 1 N–H and O–H groups in total. The molecular formula is C35H35N3O2. The summed E-state index contributed by atoms with van der Waals surface area (Å²) in [7, 11) is 0. The first kappa shape index (κ1) is 27.1. The van der Waals surface area contributed by atoms with Crippen LogP contribution in [0.4, 0.5) is 0 Å². The summed E-state index contributed by atoms with van der Waals surface area (Å²) in [5.74, 6) is 0.0850. The molecule has 0 atom stereocenters. The zero-order chi connectivity index (χ0) is 27.7. The van der Waals surface area contributed by atoms with Crippen LogP contribution in [-0.4, -0.2) is 25.5 Å². The van der Waals surface area contributed by atoms with E-state index in [1.165, 1.54) is 11.3 Å². The Bertz CT molecular complexity index is 1510. The summed E-state index contributed by atoms with van der Waals surface area (Å²) in [6.45, 7) is 5.25. The van der Waals surface area contributed by atoms with Crippen molar-refractivity contribution in [3.05, 3.63) is 138 Å². The second kappa shape index (κ2) is 13.0. The third-order valence-corrected chi connectivity index (χ3v) is 7.12. The van der Waals surface area contributed by atoms with Gasteiger partial charge in [0, 0.05) is 37.3 Å². The van der Waals surface area contributed by atoms with Crippen molar-refractivity contribution >= 4 is 5.97 Å². The minimum Gasteiger partial charge on any atom is -0.478 e. The molecule has 5 nitrogen and oxygen atoms in total. The predicted molar refractivity (Wildman–Crippen MR) is 161 cm³/mol. The highest BCUT2D eigenvalue weighted by Gasteiger charge is 2.22. The number of carbonyl (C=O) groups is 1. The number of aromatic nitrogens is 2. The Morgan fingerprint density at radius 2 is 1.27 bits per heavy atom. The van der Waals surface area contributed by atoms with E-state index < -0.39 is 5.97 Å². The van der Waals surface area contributed by atoms with Gasteiger partial charge < -0.3 is 9.67 Å². The quantitative estimate of drug-likeness (QED) is 0.178. The Hall–Kier alpha value is -4.48. The van der Waals surface area contributed by atoms with Crippen LogP contribution in [0, 0.1) is 0 Å². The van der Waals surface area contributed by atoms with E-state index in [-0.39, 0.29) is 0 Å². The molecule has 0 spiro atoms. The number of nitrogens with zero attached hydrogens (tertiary/aromatic N) is 3. The number of rotatable bonds is 12. The van der Waals surface area contributed by atoms with Crippen LogP contribution in [0.2, 0.25) is 0 Å². The highest BCUT2D eigenvalue weighted by atomic mass is 16.4. The fraction of sp³-hybridized carbons (Fsp3) is 0.200. The Morgan fingerprint density at radius 1 is 0.725 bits per heavy atom. The van der Waals surface area contributed by atoms with E-state index >= 15 is 0 Å². The topological polar surface area (TPSA) is 58.4 Å². The van der Waals surface area contributed by atoms with Crippen LogP contribution in [0.25, 0.3) is 22.6 Å². The van der Waals surface area contributed by atoms with Crippen molar-refractivity contribution in [2.24, 2.45) is 0 Å².